The van der Waals surface area contributed by atoms with Crippen LogP contribution in [0.15, 0.2) is 0 Å². The zero-order chi connectivity index (χ0) is 13.9. The lowest BCUT2D eigenvalue weighted by molar-refractivity contribution is 0.0439. The Morgan fingerprint density at radius 3 is 2.22 bits per heavy atom. The van der Waals surface area contributed by atoms with Gasteiger partial charge >= 0.3 is 0 Å². The summed E-state index contributed by atoms with van der Waals surface area (Å²) in [5, 5.41) is 3.46. The zero-order valence-corrected chi connectivity index (χ0v) is 12.8. The molecule has 0 fully saturated rings. The van der Waals surface area contributed by atoms with E-state index in [9.17, 15) is 0 Å². The highest BCUT2D eigenvalue weighted by Gasteiger charge is 2.27. The van der Waals surface area contributed by atoms with Gasteiger partial charge in [-0.1, -0.05) is 20.8 Å². The molecule has 4 nitrogen and oxygen atoms in total. The molecule has 1 atom stereocenters. The Morgan fingerprint density at radius 2 is 1.67 bits per heavy atom. The Hall–Kier alpha value is -0.160. The van der Waals surface area contributed by atoms with E-state index in [1.165, 1.54) is 0 Å². The van der Waals surface area contributed by atoms with Crippen LogP contribution in [0.2, 0.25) is 0 Å². The summed E-state index contributed by atoms with van der Waals surface area (Å²) >= 11 is 0. The van der Waals surface area contributed by atoms with Crippen LogP contribution >= 0.6 is 0 Å². The average Bonchev–Trinajstić information content (AvgIpc) is 2.34. The van der Waals surface area contributed by atoms with Crippen molar-refractivity contribution in [1.29, 1.82) is 0 Å². The van der Waals surface area contributed by atoms with Gasteiger partial charge in [0.05, 0.1) is 19.8 Å². The van der Waals surface area contributed by atoms with Crippen LogP contribution in [0.25, 0.3) is 0 Å². The number of ether oxygens (including phenoxy) is 3. The van der Waals surface area contributed by atoms with Crippen molar-refractivity contribution in [3.8, 4) is 0 Å². The van der Waals surface area contributed by atoms with E-state index in [1.54, 1.807) is 14.2 Å². The van der Waals surface area contributed by atoms with Gasteiger partial charge in [-0.3, -0.25) is 0 Å². The molecule has 0 aromatic carbocycles. The third-order valence-corrected chi connectivity index (χ3v) is 3.65. The Morgan fingerprint density at radius 1 is 1.00 bits per heavy atom. The first-order valence-corrected chi connectivity index (χ1v) is 6.83. The predicted molar refractivity (Wildman–Crippen MR) is 75.0 cm³/mol. The lowest BCUT2D eigenvalue weighted by atomic mass is 9.76. The summed E-state index contributed by atoms with van der Waals surface area (Å²) in [6, 6.07) is 0. The van der Waals surface area contributed by atoms with E-state index < -0.39 is 0 Å². The molecule has 0 spiro atoms. The van der Waals surface area contributed by atoms with E-state index in [1.807, 2.05) is 0 Å². The van der Waals surface area contributed by atoms with Gasteiger partial charge < -0.3 is 19.5 Å². The fraction of sp³-hybridized carbons (Fsp3) is 1.00. The maximum atomic E-state index is 5.57. The van der Waals surface area contributed by atoms with Gasteiger partial charge in [0.1, 0.15) is 0 Å². The van der Waals surface area contributed by atoms with Gasteiger partial charge in [0.25, 0.3) is 0 Å². The fourth-order valence-electron chi connectivity index (χ4n) is 1.68. The van der Waals surface area contributed by atoms with Crippen molar-refractivity contribution < 1.29 is 14.2 Å². The van der Waals surface area contributed by atoms with Crippen molar-refractivity contribution in [2.75, 3.05) is 53.7 Å². The maximum absolute atomic E-state index is 5.57. The van der Waals surface area contributed by atoms with Crippen molar-refractivity contribution in [2.45, 2.75) is 27.2 Å². The van der Waals surface area contributed by atoms with Crippen LogP contribution < -0.4 is 5.32 Å². The standard InChI is InChI=1S/C14H31NO3/c1-13(2)14(3,12-15-7-9-16-4)6-8-18-11-10-17-5/h13,15H,6-12H2,1-5H3. The topological polar surface area (TPSA) is 39.7 Å². The minimum Gasteiger partial charge on any atom is -0.383 e. The van der Waals surface area contributed by atoms with E-state index in [-0.39, 0.29) is 5.41 Å². The largest absolute Gasteiger partial charge is 0.383 e. The van der Waals surface area contributed by atoms with E-state index in [0.29, 0.717) is 19.1 Å². The smallest absolute Gasteiger partial charge is 0.0700 e. The molecule has 1 N–H and O–H groups in total. The molecule has 110 valence electrons. The minimum atomic E-state index is 0.265. The second-order valence-corrected chi connectivity index (χ2v) is 5.33. The molecule has 0 bridgehead atoms. The normalized spacial score (nSPS) is 15.0. The van der Waals surface area contributed by atoms with Crippen LogP contribution in [0.5, 0.6) is 0 Å². The second kappa shape index (κ2) is 10.7. The molecule has 4 heteroatoms. The third-order valence-electron chi connectivity index (χ3n) is 3.65. The molecule has 18 heavy (non-hydrogen) atoms. The molecule has 0 heterocycles. The van der Waals surface area contributed by atoms with Gasteiger partial charge in [-0.15, -0.1) is 0 Å². The molecule has 0 aromatic rings. The number of hydrogen-bond donors (Lipinski definition) is 1. The van der Waals surface area contributed by atoms with E-state index in [4.69, 9.17) is 14.2 Å². The monoisotopic (exact) mass is 261 g/mol. The van der Waals surface area contributed by atoms with Crippen molar-refractivity contribution in [2.24, 2.45) is 11.3 Å². The number of nitrogens with one attached hydrogen (secondary N) is 1. The van der Waals surface area contributed by atoms with Crippen LogP contribution in [0, 0.1) is 11.3 Å². The minimum absolute atomic E-state index is 0.265. The van der Waals surface area contributed by atoms with Crippen molar-refractivity contribution in [1.82, 2.24) is 5.32 Å². The van der Waals surface area contributed by atoms with Gasteiger partial charge in [-0.05, 0) is 17.8 Å². The summed E-state index contributed by atoms with van der Waals surface area (Å²) in [5.74, 6) is 0.624. The Balaban J connectivity index is 3.86. The molecule has 0 saturated heterocycles. The molecular formula is C14H31NO3. The zero-order valence-electron chi connectivity index (χ0n) is 12.8. The van der Waals surface area contributed by atoms with Gasteiger partial charge in [0, 0.05) is 33.9 Å². The molecule has 0 aromatic heterocycles. The Bertz CT molecular complexity index is 188. The second-order valence-electron chi connectivity index (χ2n) is 5.33. The lowest BCUT2D eigenvalue weighted by Gasteiger charge is -2.34. The van der Waals surface area contributed by atoms with E-state index in [0.717, 1.165) is 32.7 Å². The molecule has 0 rings (SSSR count). The van der Waals surface area contributed by atoms with Crippen molar-refractivity contribution in [3.05, 3.63) is 0 Å². The van der Waals surface area contributed by atoms with E-state index >= 15 is 0 Å². The van der Waals surface area contributed by atoms with Crippen LogP contribution in [-0.4, -0.2) is 53.7 Å². The first-order chi connectivity index (χ1) is 8.56. The quantitative estimate of drug-likeness (QED) is 0.545. The number of hydrogen-bond acceptors (Lipinski definition) is 4. The maximum Gasteiger partial charge on any atom is 0.0700 e. The third kappa shape index (κ3) is 8.03. The molecule has 0 aliphatic carbocycles. The molecule has 0 radical (unpaired) electrons. The highest BCUT2D eigenvalue weighted by atomic mass is 16.5. The fourth-order valence-corrected chi connectivity index (χ4v) is 1.68. The molecule has 0 aliphatic rings. The number of rotatable bonds is 12. The van der Waals surface area contributed by atoms with Crippen LogP contribution in [0.1, 0.15) is 27.2 Å². The summed E-state index contributed by atoms with van der Waals surface area (Å²) in [6.07, 6.45) is 1.06. The average molecular weight is 261 g/mol. The predicted octanol–water partition coefficient (Wildman–Crippen LogP) is 1.94. The molecule has 0 aliphatic heterocycles. The van der Waals surface area contributed by atoms with Gasteiger partial charge in [-0.2, -0.15) is 0 Å². The molecule has 1 unspecified atom stereocenters. The van der Waals surface area contributed by atoms with Gasteiger partial charge in [0.15, 0.2) is 0 Å². The molecule has 0 saturated carbocycles. The number of methoxy groups -OCH3 is 2. The Kier molecular flexibility index (Phi) is 10.6. The van der Waals surface area contributed by atoms with Crippen LogP contribution in [0.3, 0.4) is 0 Å². The lowest BCUT2D eigenvalue weighted by Crippen LogP contribution is -2.38. The summed E-state index contributed by atoms with van der Waals surface area (Å²) < 4.78 is 15.6. The van der Waals surface area contributed by atoms with Gasteiger partial charge in [-0.25, -0.2) is 0 Å². The highest BCUT2D eigenvalue weighted by Crippen LogP contribution is 2.30. The van der Waals surface area contributed by atoms with Crippen LogP contribution in [-0.2, 0) is 14.2 Å². The SMILES string of the molecule is COCCNCC(C)(CCOCCOC)C(C)C. The first-order valence-electron chi connectivity index (χ1n) is 6.83. The first kappa shape index (κ1) is 17.8. The summed E-state index contributed by atoms with van der Waals surface area (Å²) in [7, 11) is 3.42. The van der Waals surface area contributed by atoms with Crippen molar-refractivity contribution >= 4 is 0 Å². The molecular weight excluding hydrogens is 230 g/mol. The van der Waals surface area contributed by atoms with Gasteiger partial charge in [0.2, 0.25) is 0 Å². The van der Waals surface area contributed by atoms with E-state index in [2.05, 4.69) is 26.1 Å². The molecule has 0 amide bonds. The van der Waals surface area contributed by atoms with Crippen LogP contribution in [0.4, 0.5) is 0 Å². The summed E-state index contributed by atoms with van der Waals surface area (Å²) in [4.78, 5) is 0. The Labute approximate surface area is 112 Å². The summed E-state index contributed by atoms with van der Waals surface area (Å²) in [6.45, 7) is 11.7. The van der Waals surface area contributed by atoms with Crippen molar-refractivity contribution in [3.63, 3.8) is 0 Å². The summed E-state index contributed by atoms with van der Waals surface area (Å²) in [5.41, 5.74) is 0.265. The highest BCUT2D eigenvalue weighted by molar-refractivity contribution is 4.80.